The summed E-state index contributed by atoms with van der Waals surface area (Å²) in [5.74, 6) is 0. The fraction of sp³-hybridized carbons (Fsp3) is 0. The molecule has 0 rings (SSSR count). The summed E-state index contributed by atoms with van der Waals surface area (Å²) < 4.78 is 0. The molecule has 0 aromatic heterocycles. The first-order valence-corrected chi connectivity index (χ1v) is 0. The third kappa shape index (κ3) is 458. The minimum Gasteiger partial charge on any atom is -0.412 e. The first-order chi connectivity index (χ1) is 0. The normalized spacial score (nSPS) is 0. The van der Waals surface area contributed by atoms with Gasteiger partial charge in [-0.05, 0) is 0 Å². The van der Waals surface area contributed by atoms with Crippen LogP contribution in [0.2, 0.25) is 0 Å². The Hall–Kier alpha value is 2.37. The Morgan fingerprint density at radius 2 is 0.286 bits per heavy atom. The predicted molar refractivity (Wildman–Crippen MR) is 51.0 cm³/mol. The Morgan fingerprint density at radius 3 is 0.286 bits per heavy atom. The number of hydrogen-bond acceptors (Lipinski definition) is 0. The molecule has 14 heavy (non-hydrogen) atoms. The van der Waals surface area contributed by atoms with Gasteiger partial charge in [0.15, 0.2) is 0 Å². The van der Waals surface area contributed by atoms with Crippen molar-refractivity contribution in [1.29, 1.82) is 0 Å². The van der Waals surface area contributed by atoms with Crippen molar-refractivity contribution >= 4 is 0 Å². The van der Waals surface area contributed by atoms with Gasteiger partial charge in [0.2, 0.25) is 0 Å². The van der Waals surface area contributed by atoms with E-state index in [-0.39, 0.29) is 147 Å². The van der Waals surface area contributed by atoms with E-state index >= 15 is 0 Å². The smallest absolute Gasteiger partial charge is 0.412 e. The van der Waals surface area contributed by atoms with Gasteiger partial charge in [-0.3, -0.25) is 0 Å². The van der Waals surface area contributed by atoms with E-state index in [9.17, 15) is 0 Å². The number of rotatable bonds is 0. The zero-order chi connectivity index (χ0) is 0. The molecule has 0 radical (unpaired) electrons. The minimum absolute atomic E-state index is 0. The molecule has 7 nitrogen and oxygen atoms in total. The quantitative estimate of drug-likeness (QED) is 0.316. The van der Waals surface area contributed by atoms with Crippen molar-refractivity contribution in [1.82, 2.24) is 0 Å². The third-order valence-corrected chi connectivity index (χ3v) is 0. The summed E-state index contributed by atoms with van der Waals surface area (Å²) in [4.78, 5) is 0. The monoisotopic (exact) mass is 456 g/mol. The maximum absolute atomic E-state index is 0. The Kier molecular flexibility index (Phi) is 27800. The summed E-state index contributed by atoms with van der Waals surface area (Å²) in [7, 11) is 0. The summed E-state index contributed by atoms with van der Waals surface area (Å²) in [6, 6.07) is 0. The van der Waals surface area contributed by atoms with Crippen molar-refractivity contribution in [2.75, 3.05) is 0 Å². The van der Waals surface area contributed by atoms with Crippen molar-refractivity contribution in [3.8, 4) is 0 Å². The molecule has 10 heteroatoms. The molecule has 0 unspecified atom stereocenters. The van der Waals surface area contributed by atoms with Crippen LogP contribution in [-0.4, -0.2) is 38.3 Å². The molecule has 0 aliphatic heterocycles. The summed E-state index contributed by atoms with van der Waals surface area (Å²) in [6.07, 6.45) is 0. The zero-order valence-corrected chi connectivity index (χ0v) is 16.4. The summed E-state index contributed by atoms with van der Waals surface area (Å²) in [6.45, 7) is 0. The largest absolute Gasteiger partial charge is 2.00 e. The summed E-state index contributed by atoms with van der Waals surface area (Å²) in [5.41, 5.74) is 0. The van der Waals surface area contributed by atoms with Crippen LogP contribution in [0.15, 0.2) is 0 Å². The van der Waals surface area contributed by atoms with Gasteiger partial charge in [-0.15, -0.1) is 0 Å². The molecule has 0 heterocycles. The van der Waals surface area contributed by atoms with Gasteiger partial charge in [-0.1, -0.05) is 0 Å². The second kappa shape index (κ2) is 565. The van der Waals surface area contributed by atoms with Crippen molar-refractivity contribution in [2.45, 2.75) is 0 Å². The van der Waals surface area contributed by atoms with E-state index in [1.807, 2.05) is 0 Å². The first-order valence-electron chi connectivity index (χ1n) is 0. The topological polar surface area (TPSA) is 220 Å². The van der Waals surface area contributed by atoms with Crippen molar-refractivity contribution < 1.29 is 117 Å². The molecule has 0 aliphatic rings. The van der Waals surface area contributed by atoms with E-state index in [0.29, 0.717) is 0 Å². The Bertz CT molecular complexity index is 20.9. The van der Waals surface area contributed by atoms with E-state index in [0.717, 1.165) is 0 Å². The molecule has 14 N–H and O–H groups in total. The molecule has 0 amide bonds. The van der Waals surface area contributed by atoms with Crippen LogP contribution >= 0.6 is 0 Å². The zero-order valence-electron chi connectivity index (χ0n) is 9.00. The van der Waals surface area contributed by atoms with Crippen molar-refractivity contribution in [2.24, 2.45) is 0 Å². The molecule has 0 bridgehead atoms. The fourth-order valence-corrected chi connectivity index (χ4v) is 0. The van der Waals surface area contributed by atoms with Gasteiger partial charge >= 0.3 is 52.4 Å². The Labute approximate surface area is 145 Å². The molecule has 0 saturated heterocycles. The van der Waals surface area contributed by atoms with Gasteiger partial charge in [0, 0.05) is 26.2 Å². The minimum atomic E-state index is 0. The molecule has 0 aliphatic carbocycles. The van der Waals surface area contributed by atoms with E-state index in [2.05, 4.69) is 0 Å². The van der Waals surface area contributed by atoms with Crippen LogP contribution in [0.1, 0.15) is 0 Å². The summed E-state index contributed by atoms with van der Waals surface area (Å²) in [5, 5.41) is 0. The molecule has 0 saturated carbocycles. The van der Waals surface area contributed by atoms with E-state index in [4.69, 9.17) is 0 Å². The molecule has 0 aromatic rings. The van der Waals surface area contributed by atoms with Gasteiger partial charge in [0.25, 0.3) is 0 Å². The van der Waals surface area contributed by atoms with Crippen LogP contribution in [0.5, 0.6) is 0 Å². The standard InChI is InChI=1S/4CH3.7H2O.3Zr/h4*1H3;7*1H2;;;/q4*-1;;;;;;;;;2*+2. The van der Waals surface area contributed by atoms with E-state index in [1.54, 1.807) is 0 Å². The second-order valence-electron chi connectivity index (χ2n) is 0. The van der Waals surface area contributed by atoms with Gasteiger partial charge in [0.1, 0.15) is 0 Å². The average molecular weight is 460 g/mol. The second-order valence-corrected chi connectivity index (χ2v) is 0. The molecule has 0 fully saturated rings. The van der Waals surface area contributed by atoms with Gasteiger partial charge in [-0.2, -0.15) is 0 Å². The van der Waals surface area contributed by atoms with Crippen molar-refractivity contribution in [3.05, 3.63) is 29.7 Å². The molecular weight excluding hydrogens is 434 g/mol. The predicted octanol–water partition coefficient (Wildman–Crippen LogP) is -3.98. The molecule has 0 aromatic carbocycles. The molecule has 96 valence electrons. The van der Waals surface area contributed by atoms with E-state index in [1.165, 1.54) is 0 Å². The SMILES string of the molecule is O.O.O.O.O.O.O.[CH3-].[CH3-].[CH3-].[CH3-].[Zr+2].[Zr+2].[Zr]. The molecule has 0 atom stereocenters. The summed E-state index contributed by atoms with van der Waals surface area (Å²) >= 11 is 0. The van der Waals surface area contributed by atoms with Crippen LogP contribution in [0, 0.1) is 29.7 Å². The maximum Gasteiger partial charge on any atom is 2.00 e. The van der Waals surface area contributed by atoms with Crippen LogP contribution in [-0.2, 0) is 78.6 Å². The van der Waals surface area contributed by atoms with Crippen LogP contribution in [0.4, 0.5) is 0 Å². The van der Waals surface area contributed by atoms with Crippen LogP contribution in [0.25, 0.3) is 0 Å². The Morgan fingerprint density at radius 1 is 0.286 bits per heavy atom. The first kappa shape index (κ1) is 689. The van der Waals surface area contributed by atoms with Crippen LogP contribution in [0.3, 0.4) is 0 Å². The van der Waals surface area contributed by atoms with E-state index < -0.39 is 0 Å². The molecule has 0 spiro atoms. The number of hydrogen-bond donors (Lipinski definition) is 0. The van der Waals surface area contributed by atoms with Crippen LogP contribution < -0.4 is 0 Å². The van der Waals surface area contributed by atoms with Gasteiger partial charge < -0.3 is 68.0 Å². The van der Waals surface area contributed by atoms with Gasteiger partial charge in [-0.25, -0.2) is 0 Å². The Balaban J connectivity index is 0. The third-order valence-electron chi connectivity index (χ3n) is 0. The fourth-order valence-electron chi connectivity index (χ4n) is 0. The maximum atomic E-state index is 0. The van der Waals surface area contributed by atoms with Crippen molar-refractivity contribution in [3.63, 3.8) is 0 Å². The molecular formula is C4H26O7Zr3. The van der Waals surface area contributed by atoms with Gasteiger partial charge in [0.05, 0.1) is 0 Å². The average Bonchev–Trinajstić information content (AvgIpc) is 0.